The van der Waals surface area contributed by atoms with Crippen LogP contribution in [0.5, 0.6) is 0 Å². The number of benzene rings is 1. The van der Waals surface area contributed by atoms with Crippen molar-refractivity contribution in [1.82, 2.24) is 14.8 Å². The zero-order chi connectivity index (χ0) is 24.0. The maximum absolute atomic E-state index is 15.2. The highest BCUT2D eigenvalue weighted by molar-refractivity contribution is 6.02. The number of carbonyl (C=O) groups is 1. The van der Waals surface area contributed by atoms with E-state index in [1.54, 1.807) is 36.9 Å². The van der Waals surface area contributed by atoms with E-state index in [1.807, 2.05) is 6.07 Å². The molecule has 1 aliphatic carbocycles. The highest BCUT2D eigenvalue weighted by Crippen LogP contribution is 2.34. The Balaban J connectivity index is 1.79. The Morgan fingerprint density at radius 3 is 2.70 bits per heavy atom. The SMILES string of the molecule is CC(C)(O)CCn1nc(NC(=O)C(C)(C)CF)c2cc(-c3ccc4c(c3F)CCC4)cnc21. The Kier molecular flexibility index (Phi) is 5.99. The third kappa shape index (κ3) is 4.62. The van der Waals surface area contributed by atoms with Crippen LogP contribution in [0.1, 0.15) is 51.7 Å². The lowest BCUT2D eigenvalue weighted by Crippen LogP contribution is -2.32. The summed E-state index contributed by atoms with van der Waals surface area (Å²) >= 11 is 0. The number of rotatable bonds is 7. The molecule has 0 fully saturated rings. The molecule has 0 bridgehead atoms. The van der Waals surface area contributed by atoms with Crippen molar-refractivity contribution >= 4 is 22.8 Å². The smallest absolute Gasteiger partial charge is 0.233 e. The van der Waals surface area contributed by atoms with Crippen molar-refractivity contribution in [2.45, 2.75) is 65.5 Å². The van der Waals surface area contributed by atoms with E-state index in [-0.39, 0.29) is 11.6 Å². The number of alkyl halides is 1. The summed E-state index contributed by atoms with van der Waals surface area (Å²) in [6.07, 6.45) is 4.57. The molecular formula is C25H30F2N4O2. The van der Waals surface area contributed by atoms with Crippen molar-refractivity contribution < 1.29 is 18.7 Å². The van der Waals surface area contributed by atoms with Gasteiger partial charge in [0.15, 0.2) is 11.5 Å². The van der Waals surface area contributed by atoms with E-state index in [0.717, 1.165) is 30.4 Å². The Morgan fingerprint density at radius 2 is 2.00 bits per heavy atom. The Morgan fingerprint density at radius 1 is 1.24 bits per heavy atom. The zero-order valence-electron chi connectivity index (χ0n) is 19.5. The molecule has 1 amide bonds. The van der Waals surface area contributed by atoms with Gasteiger partial charge in [0.1, 0.15) is 12.5 Å². The number of anilines is 1. The second kappa shape index (κ2) is 8.48. The number of pyridine rings is 1. The molecule has 0 radical (unpaired) electrons. The van der Waals surface area contributed by atoms with Crippen molar-refractivity contribution in [1.29, 1.82) is 0 Å². The maximum Gasteiger partial charge on any atom is 0.233 e. The van der Waals surface area contributed by atoms with Gasteiger partial charge < -0.3 is 10.4 Å². The number of carbonyl (C=O) groups excluding carboxylic acids is 1. The Hall–Kier alpha value is -2.87. The minimum absolute atomic E-state index is 0.232. The quantitative estimate of drug-likeness (QED) is 0.534. The molecule has 1 aromatic carbocycles. The number of amides is 1. The summed E-state index contributed by atoms with van der Waals surface area (Å²) < 4.78 is 30.2. The van der Waals surface area contributed by atoms with Gasteiger partial charge in [0.25, 0.3) is 0 Å². The zero-order valence-corrected chi connectivity index (χ0v) is 19.5. The monoisotopic (exact) mass is 456 g/mol. The van der Waals surface area contributed by atoms with E-state index in [2.05, 4.69) is 15.4 Å². The van der Waals surface area contributed by atoms with E-state index >= 15 is 4.39 Å². The molecule has 4 rings (SSSR count). The van der Waals surface area contributed by atoms with Gasteiger partial charge in [-0.05, 0) is 70.6 Å². The molecule has 0 spiro atoms. The lowest BCUT2D eigenvalue weighted by atomic mass is 9.94. The predicted octanol–water partition coefficient (Wildman–Crippen LogP) is 4.82. The van der Waals surface area contributed by atoms with Crippen LogP contribution >= 0.6 is 0 Å². The topological polar surface area (TPSA) is 80.0 Å². The number of nitrogens with one attached hydrogen (secondary N) is 1. The molecule has 1 aliphatic rings. The Bertz CT molecular complexity index is 1210. The van der Waals surface area contributed by atoms with Crippen molar-refractivity contribution in [3.05, 3.63) is 41.3 Å². The summed E-state index contributed by atoms with van der Waals surface area (Å²) in [5, 5.41) is 17.9. The first-order valence-corrected chi connectivity index (χ1v) is 11.3. The van der Waals surface area contributed by atoms with Gasteiger partial charge >= 0.3 is 0 Å². The normalized spacial score (nSPS) is 14.0. The maximum atomic E-state index is 15.2. The molecule has 0 saturated heterocycles. The van der Waals surface area contributed by atoms with Crippen molar-refractivity contribution in [2.75, 3.05) is 12.0 Å². The van der Waals surface area contributed by atoms with Crippen LogP contribution in [0.2, 0.25) is 0 Å². The highest BCUT2D eigenvalue weighted by Gasteiger charge is 2.29. The van der Waals surface area contributed by atoms with E-state index in [0.29, 0.717) is 35.1 Å². The summed E-state index contributed by atoms with van der Waals surface area (Å²) in [6.45, 7) is 5.97. The molecule has 6 nitrogen and oxygen atoms in total. The van der Waals surface area contributed by atoms with Crippen LogP contribution in [0.3, 0.4) is 0 Å². The molecular weight excluding hydrogens is 426 g/mol. The number of aryl methyl sites for hydroxylation is 2. The van der Waals surface area contributed by atoms with Crippen LogP contribution in [0.15, 0.2) is 24.4 Å². The Labute approximate surface area is 192 Å². The van der Waals surface area contributed by atoms with Crippen molar-refractivity contribution in [3.8, 4) is 11.1 Å². The van der Waals surface area contributed by atoms with E-state index in [1.165, 1.54) is 13.8 Å². The van der Waals surface area contributed by atoms with E-state index in [4.69, 9.17) is 0 Å². The standard InChI is InChI=1S/C25H30F2N4O2/c1-24(2,14-26)23(32)29-21-19-12-16(18-9-8-15-6-5-7-17(15)20(18)27)13-28-22(19)31(30-21)11-10-25(3,4)33/h8-9,12-13,33H,5-7,10-11,14H2,1-4H3,(H,29,30,32). The first kappa shape index (κ1) is 23.3. The largest absolute Gasteiger partial charge is 0.390 e. The van der Waals surface area contributed by atoms with E-state index in [9.17, 15) is 14.3 Å². The molecule has 33 heavy (non-hydrogen) atoms. The third-order valence-corrected chi connectivity index (χ3v) is 6.23. The van der Waals surface area contributed by atoms with Gasteiger partial charge in [0.2, 0.25) is 5.91 Å². The molecule has 2 heterocycles. The highest BCUT2D eigenvalue weighted by atomic mass is 19.1. The molecule has 176 valence electrons. The number of aromatic nitrogens is 3. The van der Waals surface area contributed by atoms with Crippen molar-refractivity contribution in [2.24, 2.45) is 5.41 Å². The van der Waals surface area contributed by atoms with Gasteiger partial charge in [-0.2, -0.15) is 5.10 Å². The lowest BCUT2D eigenvalue weighted by Gasteiger charge is -2.18. The van der Waals surface area contributed by atoms with Gasteiger partial charge in [-0.25, -0.2) is 18.4 Å². The average molecular weight is 457 g/mol. The minimum atomic E-state index is -1.22. The first-order valence-electron chi connectivity index (χ1n) is 11.3. The van der Waals surface area contributed by atoms with Gasteiger partial charge in [-0.15, -0.1) is 0 Å². The summed E-state index contributed by atoms with van der Waals surface area (Å²) in [5.74, 6) is -0.499. The fourth-order valence-electron chi connectivity index (χ4n) is 4.02. The average Bonchev–Trinajstić information content (AvgIpc) is 3.37. The van der Waals surface area contributed by atoms with Crippen LogP contribution < -0.4 is 5.32 Å². The molecule has 3 aromatic rings. The third-order valence-electron chi connectivity index (χ3n) is 6.23. The van der Waals surface area contributed by atoms with Gasteiger partial charge in [-0.1, -0.05) is 12.1 Å². The number of fused-ring (bicyclic) bond motifs is 2. The fraction of sp³-hybridized carbons (Fsp3) is 0.480. The van der Waals surface area contributed by atoms with Crippen LogP contribution in [0.25, 0.3) is 22.2 Å². The summed E-state index contributed by atoms with van der Waals surface area (Å²) in [4.78, 5) is 17.2. The summed E-state index contributed by atoms with van der Waals surface area (Å²) in [5.41, 5.74) is 1.20. The molecule has 2 aromatic heterocycles. The fourth-order valence-corrected chi connectivity index (χ4v) is 4.02. The minimum Gasteiger partial charge on any atom is -0.390 e. The van der Waals surface area contributed by atoms with E-state index < -0.39 is 23.6 Å². The van der Waals surface area contributed by atoms with Gasteiger partial charge in [0.05, 0.1) is 16.4 Å². The summed E-state index contributed by atoms with van der Waals surface area (Å²) in [6, 6.07) is 5.49. The van der Waals surface area contributed by atoms with Gasteiger partial charge in [0, 0.05) is 23.9 Å². The number of halogens is 2. The second-order valence-corrected chi connectivity index (χ2v) is 10.1. The van der Waals surface area contributed by atoms with Crippen LogP contribution in [-0.2, 0) is 24.2 Å². The molecule has 2 N–H and O–H groups in total. The van der Waals surface area contributed by atoms with Crippen LogP contribution in [-0.4, -0.2) is 38.1 Å². The molecule has 0 unspecified atom stereocenters. The lowest BCUT2D eigenvalue weighted by molar-refractivity contribution is -0.124. The molecule has 0 saturated carbocycles. The number of hydrogen-bond donors (Lipinski definition) is 2. The second-order valence-electron chi connectivity index (χ2n) is 10.1. The van der Waals surface area contributed by atoms with Crippen LogP contribution in [0.4, 0.5) is 14.6 Å². The summed E-state index contributed by atoms with van der Waals surface area (Å²) in [7, 11) is 0. The van der Waals surface area contributed by atoms with Crippen LogP contribution in [0, 0.1) is 11.2 Å². The van der Waals surface area contributed by atoms with Crippen molar-refractivity contribution in [3.63, 3.8) is 0 Å². The number of nitrogens with zero attached hydrogens (tertiary/aromatic N) is 3. The number of aliphatic hydroxyl groups is 1. The predicted molar refractivity (Wildman–Crippen MR) is 124 cm³/mol. The molecule has 0 atom stereocenters. The molecule has 8 heteroatoms. The first-order chi connectivity index (χ1) is 15.5. The van der Waals surface area contributed by atoms with Gasteiger partial charge in [-0.3, -0.25) is 4.79 Å². The molecule has 0 aliphatic heterocycles. The number of hydrogen-bond acceptors (Lipinski definition) is 4.